The van der Waals surface area contributed by atoms with Crippen LogP contribution in [0.3, 0.4) is 0 Å². The first-order chi connectivity index (χ1) is 4.02. The molecule has 0 N–H and O–H groups in total. The minimum Gasteiger partial charge on any atom is -0.329 e. The van der Waals surface area contributed by atoms with Gasteiger partial charge in [-0.05, 0) is 12.8 Å². The van der Waals surface area contributed by atoms with Crippen molar-refractivity contribution in [1.29, 1.82) is 0 Å². The largest absolute Gasteiger partial charge is 0.329 e. The maximum atomic E-state index is 2.26. The van der Waals surface area contributed by atoms with Gasteiger partial charge in [-0.2, -0.15) is 0 Å². The van der Waals surface area contributed by atoms with Gasteiger partial charge in [-0.25, -0.2) is 0 Å². The quantitative estimate of drug-likeness (QED) is 0.512. The van der Waals surface area contributed by atoms with Gasteiger partial charge >= 0.3 is 0 Å². The Hall–Kier alpha value is -0.0400. The maximum Gasteiger partial charge on any atom is 0.0878 e. The number of quaternary nitrogens is 1. The lowest BCUT2D eigenvalue weighted by molar-refractivity contribution is -0.896. The van der Waals surface area contributed by atoms with Gasteiger partial charge in [0, 0.05) is 0 Å². The lowest BCUT2D eigenvalue weighted by Gasteiger charge is -2.32. The van der Waals surface area contributed by atoms with Crippen LogP contribution in [0.2, 0.25) is 0 Å². The van der Waals surface area contributed by atoms with Crippen LogP contribution in [0.5, 0.6) is 0 Å². The Bertz CT molecular complexity index is 67.1. The second-order valence-electron chi connectivity index (χ2n) is 3.59. The van der Waals surface area contributed by atoms with Crippen molar-refractivity contribution in [2.45, 2.75) is 32.7 Å². The first kappa shape index (κ1) is 8.96. The van der Waals surface area contributed by atoms with Gasteiger partial charge in [0.2, 0.25) is 0 Å². The van der Waals surface area contributed by atoms with Crippen LogP contribution < -0.4 is 0 Å². The van der Waals surface area contributed by atoms with Gasteiger partial charge in [0.1, 0.15) is 0 Å². The monoisotopic (exact) mass is 130 g/mol. The summed E-state index contributed by atoms with van der Waals surface area (Å²) >= 11 is 0. The molecule has 0 saturated heterocycles. The molecule has 0 heterocycles. The van der Waals surface area contributed by atoms with Crippen LogP contribution in [0.25, 0.3) is 0 Å². The Morgan fingerprint density at radius 3 is 1.33 bits per heavy atom. The molecule has 1 nitrogen and oxygen atoms in total. The number of nitrogens with zero attached hydrogens (tertiary/aromatic N) is 1. The fourth-order valence-electron chi connectivity index (χ4n) is 1.38. The Balaban J connectivity index is 3.79. The number of hydrogen-bond donors (Lipinski definition) is 0. The van der Waals surface area contributed by atoms with E-state index >= 15 is 0 Å². The lowest BCUT2D eigenvalue weighted by Crippen LogP contribution is -2.44. The van der Waals surface area contributed by atoms with E-state index in [1.54, 1.807) is 0 Å². The summed E-state index contributed by atoms with van der Waals surface area (Å²) in [4.78, 5) is 0. The fourth-order valence-corrected chi connectivity index (χ4v) is 1.38. The molecule has 0 aliphatic rings. The van der Waals surface area contributed by atoms with Crippen molar-refractivity contribution in [1.82, 2.24) is 0 Å². The Kier molecular flexibility index (Phi) is 3.20. The summed E-state index contributed by atoms with van der Waals surface area (Å²) in [7, 11) is 6.78. The standard InChI is InChI=1S/C8H20N/c1-6-8(7-2)9(3,4)5/h8H,6-7H2,1-5H3/q+1. The highest BCUT2D eigenvalue weighted by molar-refractivity contribution is 4.49. The highest BCUT2D eigenvalue weighted by Crippen LogP contribution is 2.09. The molecule has 0 unspecified atom stereocenters. The van der Waals surface area contributed by atoms with Crippen LogP contribution in [-0.4, -0.2) is 31.7 Å². The molecular weight excluding hydrogens is 110 g/mol. The van der Waals surface area contributed by atoms with E-state index in [-0.39, 0.29) is 0 Å². The van der Waals surface area contributed by atoms with Gasteiger partial charge in [0.15, 0.2) is 0 Å². The Labute approximate surface area is 59.3 Å². The van der Waals surface area contributed by atoms with E-state index < -0.39 is 0 Å². The van der Waals surface area contributed by atoms with Crippen molar-refractivity contribution in [3.63, 3.8) is 0 Å². The van der Waals surface area contributed by atoms with Crippen molar-refractivity contribution in [3.8, 4) is 0 Å². The van der Waals surface area contributed by atoms with E-state index in [1.807, 2.05) is 0 Å². The third-order valence-corrected chi connectivity index (χ3v) is 2.04. The smallest absolute Gasteiger partial charge is 0.0878 e. The van der Waals surface area contributed by atoms with E-state index in [2.05, 4.69) is 35.0 Å². The highest BCUT2D eigenvalue weighted by Gasteiger charge is 2.18. The van der Waals surface area contributed by atoms with Crippen molar-refractivity contribution in [3.05, 3.63) is 0 Å². The van der Waals surface area contributed by atoms with Gasteiger partial charge in [-0.1, -0.05) is 13.8 Å². The van der Waals surface area contributed by atoms with Gasteiger partial charge < -0.3 is 4.48 Å². The van der Waals surface area contributed by atoms with E-state index in [4.69, 9.17) is 0 Å². The molecule has 0 aliphatic carbocycles. The van der Waals surface area contributed by atoms with Crippen LogP contribution in [0.1, 0.15) is 26.7 Å². The maximum absolute atomic E-state index is 2.26. The average Bonchev–Trinajstić information content (AvgIpc) is 1.65. The molecule has 0 saturated carbocycles. The molecule has 0 atom stereocenters. The zero-order valence-electron chi connectivity index (χ0n) is 7.44. The molecule has 0 aliphatic heterocycles. The van der Waals surface area contributed by atoms with Crippen LogP contribution in [-0.2, 0) is 0 Å². The molecule has 0 spiro atoms. The first-order valence-corrected chi connectivity index (χ1v) is 3.83. The van der Waals surface area contributed by atoms with Gasteiger partial charge in [-0.3, -0.25) is 0 Å². The summed E-state index contributed by atoms with van der Waals surface area (Å²) in [5.74, 6) is 0. The second-order valence-corrected chi connectivity index (χ2v) is 3.59. The van der Waals surface area contributed by atoms with Crippen molar-refractivity contribution < 1.29 is 4.48 Å². The summed E-state index contributed by atoms with van der Waals surface area (Å²) in [5.41, 5.74) is 0. The highest BCUT2D eigenvalue weighted by atomic mass is 15.3. The zero-order chi connectivity index (χ0) is 7.49. The third kappa shape index (κ3) is 2.85. The molecule has 0 rings (SSSR count). The molecule has 0 fully saturated rings. The third-order valence-electron chi connectivity index (χ3n) is 2.04. The zero-order valence-corrected chi connectivity index (χ0v) is 7.44. The number of rotatable bonds is 3. The Morgan fingerprint density at radius 2 is 1.33 bits per heavy atom. The molecule has 0 aromatic heterocycles. The van der Waals surface area contributed by atoms with E-state index in [1.165, 1.54) is 12.8 Å². The molecule has 0 radical (unpaired) electrons. The molecule has 0 aromatic rings. The Morgan fingerprint density at radius 1 is 1.00 bits per heavy atom. The van der Waals surface area contributed by atoms with Gasteiger partial charge in [-0.15, -0.1) is 0 Å². The van der Waals surface area contributed by atoms with E-state index in [9.17, 15) is 0 Å². The van der Waals surface area contributed by atoms with Crippen LogP contribution in [0.4, 0.5) is 0 Å². The lowest BCUT2D eigenvalue weighted by atomic mass is 10.1. The molecular formula is C8H20N+. The predicted molar refractivity (Wildman–Crippen MR) is 42.4 cm³/mol. The molecule has 0 aromatic carbocycles. The summed E-state index contributed by atoms with van der Waals surface area (Å²) < 4.78 is 1.10. The fraction of sp³-hybridized carbons (Fsp3) is 1.00. The molecule has 0 amide bonds. The summed E-state index contributed by atoms with van der Waals surface area (Å²) in [5, 5.41) is 0. The van der Waals surface area contributed by atoms with Crippen molar-refractivity contribution in [2.24, 2.45) is 0 Å². The molecule has 9 heavy (non-hydrogen) atoms. The van der Waals surface area contributed by atoms with Crippen LogP contribution >= 0.6 is 0 Å². The summed E-state index contributed by atoms with van der Waals surface area (Å²) in [6.45, 7) is 4.52. The average molecular weight is 130 g/mol. The molecule has 0 bridgehead atoms. The van der Waals surface area contributed by atoms with E-state index in [0.717, 1.165) is 10.5 Å². The summed E-state index contributed by atoms with van der Waals surface area (Å²) in [6.07, 6.45) is 2.58. The summed E-state index contributed by atoms with van der Waals surface area (Å²) in [6, 6.07) is 0.838. The molecule has 56 valence electrons. The van der Waals surface area contributed by atoms with Gasteiger partial charge in [0.05, 0.1) is 27.2 Å². The first-order valence-electron chi connectivity index (χ1n) is 3.83. The van der Waals surface area contributed by atoms with Crippen LogP contribution in [0, 0.1) is 0 Å². The van der Waals surface area contributed by atoms with Gasteiger partial charge in [0.25, 0.3) is 0 Å². The predicted octanol–water partition coefficient (Wildman–Crippen LogP) is 1.88. The SMILES string of the molecule is CCC(CC)[N+](C)(C)C. The topological polar surface area (TPSA) is 0 Å². The number of hydrogen-bond acceptors (Lipinski definition) is 0. The minimum absolute atomic E-state index is 0.838. The molecule has 1 heteroatoms. The van der Waals surface area contributed by atoms with E-state index in [0.29, 0.717) is 0 Å². The minimum atomic E-state index is 0.838. The van der Waals surface area contributed by atoms with Crippen LogP contribution in [0.15, 0.2) is 0 Å². The normalized spacial score (nSPS) is 12.7. The van der Waals surface area contributed by atoms with Crippen molar-refractivity contribution >= 4 is 0 Å². The van der Waals surface area contributed by atoms with Crippen molar-refractivity contribution in [2.75, 3.05) is 21.1 Å². The second kappa shape index (κ2) is 3.21.